The van der Waals surface area contributed by atoms with Crippen molar-refractivity contribution >= 4 is 16.9 Å². The van der Waals surface area contributed by atoms with Crippen LogP contribution in [0.15, 0.2) is 55.2 Å². The number of nitrogens with one attached hydrogen (secondary N) is 2. The Bertz CT molecular complexity index is 1040. The second-order valence-electron chi connectivity index (χ2n) is 6.32. The van der Waals surface area contributed by atoms with E-state index in [9.17, 15) is 4.39 Å². The first-order chi connectivity index (χ1) is 12.7. The molecule has 0 aromatic carbocycles. The van der Waals surface area contributed by atoms with Crippen LogP contribution < -0.4 is 5.32 Å². The van der Waals surface area contributed by atoms with Crippen LogP contribution >= 0.6 is 0 Å². The zero-order valence-electron chi connectivity index (χ0n) is 14.3. The van der Waals surface area contributed by atoms with E-state index in [4.69, 9.17) is 0 Å². The first-order valence-electron chi connectivity index (χ1n) is 8.38. The number of nitrogens with zero attached hydrogens (tertiary/aromatic N) is 3. The Labute approximate surface area is 150 Å². The monoisotopic (exact) mass is 347 g/mol. The largest absolute Gasteiger partial charge is 0.366 e. The van der Waals surface area contributed by atoms with E-state index in [-0.39, 0.29) is 5.82 Å². The number of aromatic amines is 1. The second kappa shape index (κ2) is 6.92. The molecule has 0 spiro atoms. The highest BCUT2D eigenvalue weighted by Crippen LogP contribution is 2.21. The summed E-state index contributed by atoms with van der Waals surface area (Å²) in [5, 5.41) is 4.32. The van der Waals surface area contributed by atoms with Gasteiger partial charge in [0, 0.05) is 43.1 Å². The van der Waals surface area contributed by atoms with Crippen molar-refractivity contribution in [3.05, 3.63) is 83.3 Å². The Kier molecular flexibility index (Phi) is 4.31. The first-order valence-corrected chi connectivity index (χ1v) is 8.38. The third-order valence-electron chi connectivity index (χ3n) is 4.21. The maximum absolute atomic E-state index is 13.1. The standard InChI is InChI=1S/C20H18FN5/c1-13-4-18-16(11-26-20(18)25-7-13)5-14-2-3-19(23-9-14)24-10-15-6-17(21)12-22-8-15/h2-4,6-9,11-12H,5,10H2,1H3,(H,23,24)(H,25,26). The summed E-state index contributed by atoms with van der Waals surface area (Å²) in [5.74, 6) is 0.408. The molecule has 4 aromatic rings. The molecule has 2 N–H and O–H groups in total. The van der Waals surface area contributed by atoms with Crippen molar-refractivity contribution in [2.75, 3.05) is 5.32 Å². The number of aromatic nitrogens is 4. The van der Waals surface area contributed by atoms with Gasteiger partial charge in [-0.25, -0.2) is 14.4 Å². The minimum atomic E-state index is -0.337. The van der Waals surface area contributed by atoms with Gasteiger partial charge in [-0.15, -0.1) is 0 Å². The van der Waals surface area contributed by atoms with Gasteiger partial charge in [-0.05, 0) is 47.4 Å². The summed E-state index contributed by atoms with van der Waals surface area (Å²) in [5.41, 5.74) is 5.14. The van der Waals surface area contributed by atoms with E-state index in [0.29, 0.717) is 6.54 Å². The average molecular weight is 347 g/mol. The van der Waals surface area contributed by atoms with E-state index in [1.807, 2.05) is 37.6 Å². The van der Waals surface area contributed by atoms with Crippen LogP contribution in [0.5, 0.6) is 0 Å². The maximum Gasteiger partial charge on any atom is 0.141 e. The van der Waals surface area contributed by atoms with E-state index < -0.39 is 0 Å². The number of rotatable bonds is 5. The molecule has 0 saturated carbocycles. The molecule has 0 radical (unpaired) electrons. The third-order valence-corrected chi connectivity index (χ3v) is 4.21. The topological polar surface area (TPSA) is 66.5 Å². The summed E-state index contributed by atoms with van der Waals surface area (Å²) in [6.07, 6.45) is 9.33. The molecule has 0 aliphatic rings. The van der Waals surface area contributed by atoms with E-state index >= 15 is 0 Å². The molecule has 0 bridgehead atoms. The first kappa shape index (κ1) is 16.2. The maximum atomic E-state index is 13.1. The van der Waals surface area contributed by atoms with Crippen LogP contribution in [0.2, 0.25) is 0 Å². The molecular formula is C20H18FN5. The molecule has 130 valence electrons. The summed E-state index contributed by atoms with van der Waals surface area (Å²) in [6.45, 7) is 2.52. The van der Waals surface area contributed by atoms with Crippen molar-refractivity contribution in [2.45, 2.75) is 19.9 Å². The minimum absolute atomic E-state index is 0.337. The van der Waals surface area contributed by atoms with Crippen molar-refractivity contribution in [1.82, 2.24) is 19.9 Å². The van der Waals surface area contributed by atoms with Crippen molar-refractivity contribution in [2.24, 2.45) is 0 Å². The minimum Gasteiger partial charge on any atom is -0.366 e. The summed E-state index contributed by atoms with van der Waals surface area (Å²) in [7, 11) is 0. The van der Waals surface area contributed by atoms with E-state index in [1.54, 1.807) is 6.20 Å². The summed E-state index contributed by atoms with van der Waals surface area (Å²) < 4.78 is 13.1. The molecule has 4 rings (SSSR count). The lowest BCUT2D eigenvalue weighted by molar-refractivity contribution is 0.619. The predicted molar refractivity (Wildman–Crippen MR) is 99.4 cm³/mol. The fourth-order valence-electron chi connectivity index (χ4n) is 2.91. The molecule has 6 heteroatoms. The van der Waals surface area contributed by atoms with Gasteiger partial charge in [0.1, 0.15) is 17.3 Å². The number of fused-ring (bicyclic) bond motifs is 1. The van der Waals surface area contributed by atoms with E-state index in [1.165, 1.54) is 17.8 Å². The lowest BCUT2D eigenvalue weighted by atomic mass is 10.1. The number of aryl methyl sites for hydroxylation is 1. The normalized spacial score (nSPS) is 11.0. The van der Waals surface area contributed by atoms with Gasteiger partial charge >= 0.3 is 0 Å². The van der Waals surface area contributed by atoms with Crippen LogP contribution in [-0.2, 0) is 13.0 Å². The molecule has 0 atom stereocenters. The van der Waals surface area contributed by atoms with Crippen molar-refractivity contribution in [3.8, 4) is 0 Å². The Morgan fingerprint density at radius 1 is 1.04 bits per heavy atom. The van der Waals surface area contributed by atoms with Crippen LogP contribution in [0.4, 0.5) is 10.2 Å². The van der Waals surface area contributed by atoms with Crippen LogP contribution in [-0.4, -0.2) is 19.9 Å². The zero-order valence-corrected chi connectivity index (χ0v) is 14.3. The highest BCUT2D eigenvalue weighted by molar-refractivity contribution is 5.80. The molecule has 0 unspecified atom stereocenters. The number of anilines is 1. The Morgan fingerprint density at radius 3 is 2.77 bits per heavy atom. The number of halogens is 1. The van der Waals surface area contributed by atoms with E-state index in [2.05, 4.69) is 31.3 Å². The predicted octanol–water partition coefficient (Wildman–Crippen LogP) is 4.00. The third kappa shape index (κ3) is 3.54. The number of hydrogen-bond acceptors (Lipinski definition) is 4. The Balaban J connectivity index is 1.44. The van der Waals surface area contributed by atoms with Gasteiger partial charge in [-0.1, -0.05) is 6.07 Å². The fraction of sp³-hybridized carbons (Fsp3) is 0.150. The molecule has 4 aromatic heterocycles. The number of hydrogen-bond donors (Lipinski definition) is 2. The Morgan fingerprint density at radius 2 is 1.96 bits per heavy atom. The van der Waals surface area contributed by atoms with Crippen LogP contribution in [0.3, 0.4) is 0 Å². The highest BCUT2D eigenvalue weighted by Gasteiger charge is 2.06. The Hall–Kier alpha value is -3.28. The SMILES string of the molecule is Cc1cnc2[nH]cc(Cc3ccc(NCc4cncc(F)c4)nc3)c2c1. The molecule has 4 heterocycles. The van der Waals surface area contributed by atoms with Gasteiger partial charge in [0.25, 0.3) is 0 Å². The highest BCUT2D eigenvalue weighted by atomic mass is 19.1. The molecule has 0 aliphatic heterocycles. The summed E-state index contributed by atoms with van der Waals surface area (Å²) in [4.78, 5) is 15.9. The van der Waals surface area contributed by atoms with Crippen molar-refractivity contribution in [1.29, 1.82) is 0 Å². The lowest BCUT2D eigenvalue weighted by Crippen LogP contribution is -2.02. The quantitative estimate of drug-likeness (QED) is 0.573. The van der Waals surface area contributed by atoms with Crippen molar-refractivity contribution in [3.63, 3.8) is 0 Å². The smallest absolute Gasteiger partial charge is 0.141 e. The van der Waals surface area contributed by atoms with Gasteiger partial charge in [-0.2, -0.15) is 0 Å². The molecule has 5 nitrogen and oxygen atoms in total. The number of pyridine rings is 3. The molecule has 0 fully saturated rings. The zero-order chi connectivity index (χ0) is 17.9. The van der Waals surface area contributed by atoms with Gasteiger partial charge < -0.3 is 10.3 Å². The lowest BCUT2D eigenvalue weighted by Gasteiger charge is -2.07. The number of H-pyrrole nitrogens is 1. The van der Waals surface area contributed by atoms with Crippen LogP contribution in [0.25, 0.3) is 11.0 Å². The van der Waals surface area contributed by atoms with Gasteiger partial charge in [-0.3, -0.25) is 4.98 Å². The van der Waals surface area contributed by atoms with Crippen LogP contribution in [0, 0.1) is 12.7 Å². The van der Waals surface area contributed by atoms with Gasteiger partial charge in [0.2, 0.25) is 0 Å². The van der Waals surface area contributed by atoms with E-state index in [0.717, 1.165) is 40.0 Å². The van der Waals surface area contributed by atoms with Gasteiger partial charge in [0.15, 0.2) is 0 Å². The second-order valence-corrected chi connectivity index (χ2v) is 6.32. The average Bonchev–Trinajstić information content (AvgIpc) is 3.03. The molecular weight excluding hydrogens is 329 g/mol. The van der Waals surface area contributed by atoms with Gasteiger partial charge in [0.05, 0.1) is 6.20 Å². The van der Waals surface area contributed by atoms with Crippen molar-refractivity contribution < 1.29 is 4.39 Å². The molecule has 26 heavy (non-hydrogen) atoms. The molecule has 0 amide bonds. The molecule has 0 aliphatic carbocycles. The fourth-order valence-corrected chi connectivity index (χ4v) is 2.91. The summed E-state index contributed by atoms with van der Waals surface area (Å²) >= 11 is 0. The van der Waals surface area contributed by atoms with Crippen LogP contribution in [0.1, 0.15) is 22.3 Å². The molecule has 0 saturated heterocycles. The summed E-state index contributed by atoms with van der Waals surface area (Å²) in [6, 6.07) is 7.58.